The van der Waals surface area contributed by atoms with E-state index in [2.05, 4.69) is 0 Å². The summed E-state index contributed by atoms with van der Waals surface area (Å²) < 4.78 is -0.299. The van der Waals surface area contributed by atoms with Gasteiger partial charge >= 0.3 is 5.97 Å². The number of carboxylic acid groups (broad SMARTS) is 1. The maximum absolute atomic E-state index is 11.2. The van der Waals surface area contributed by atoms with Crippen LogP contribution < -0.4 is 0 Å². The lowest BCUT2D eigenvalue weighted by atomic mass is 10.00. The van der Waals surface area contributed by atoms with Crippen LogP contribution in [0.3, 0.4) is 0 Å². The molecule has 0 aromatic heterocycles. The zero-order chi connectivity index (χ0) is 11.6. The SMILES string of the molecule is CC(C(=O)O)C1(c2ccccc2)SCCS1. The van der Waals surface area contributed by atoms with Gasteiger partial charge in [0.1, 0.15) is 0 Å². The average molecular weight is 254 g/mol. The summed E-state index contributed by atoms with van der Waals surface area (Å²) in [6.45, 7) is 1.81. The largest absolute Gasteiger partial charge is 0.481 e. The highest BCUT2D eigenvalue weighted by molar-refractivity contribution is 8.20. The molecule has 0 bridgehead atoms. The second kappa shape index (κ2) is 4.72. The molecule has 2 nitrogen and oxygen atoms in total. The van der Waals surface area contributed by atoms with Crippen molar-refractivity contribution in [2.75, 3.05) is 11.5 Å². The summed E-state index contributed by atoms with van der Waals surface area (Å²) in [6, 6.07) is 9.98. The van der Waals surface area contributed by atoms with Gasteiger partial charge in [-0.2, -0.15) is 0 Å². The first-order valence-electron chi connectivity index (χ1n) is 5.23. The van der Waals surface area contributed by atoms with Crippen molar-refractivity contribution in [2.45, 2.75) is 11.0 Å². The minimum atomic E-state index is -0.717. The summed E-state index contributed by atoms with van der Waals surface area (Å²) in [5.74, 6) is 0.965. The molecular weight excluding hydrogens is 240 g/mol. The molecule has 1 aliphatic rings. The van der Waals surface area contributed by atoms with Crippen LogP contribution in [0.4, 0.5) is 0 Å². The Kier molecular flexibility index (Phi) is 3.50. The van der Waals surface area contributed by atoms with Gasteiger partial charge in [-0.15, -0.1) is 23.5 Å². The van der Waals surface area contributed by atoms with E-state index in [0.717, 1.165) is 17.1 Å². The first-order valence-corrected chi connectivity index (χ1v) is 7.20. The van der Waals surface area contributed by atoms with Gasteiger partial charge in [-0.1, -0.05) is 30.3 Å². The third-order valence-electron chi connectivity index (χ3n) is 2.83. The quantitative estimate of drug-likeness (QED) is 0.899. The molecule has 1 fully saturated rings. The van der Waals surface area contributed by atoms with E-state index in [4.69, 9.17) is 0 Å². The molecule has 2 rings (SSSR count). The number of thioether (sulfide) groups is 2. The molecule has 86 valence electrons. The Labute approximate surface area is 104 Å². The van der Waals surface area contributed by atoms with Gasteiger partial charge in [0.15, 0.2) is 0 Å². The number of carbonyl (C=O) groups is 1. The molecule has 1 heterocycles. The molecule has 1 aromatic carbocycles. The van der Waals surface area contributed by atoms with Crippen LogP contribution in [-0.2, 0) is 8.87 Å². The van der Waals surface area contributed by atoms with Crippen molar-refractivity contribution in [1.82, 2.24) is 0 Å². The fourth-order valence-electron chi connectivity index (χ4n) is 1.93. The monoisotopic (exact) mass is 254 g/mol. The third kappa shape index (κ3) is 1.96. The lowest BCUT2D eigenvalue weighted by molar-refractivity contribution is -0.141. The van der Waals surface area contributed by atoms with Crippen LogP contribution in [0.15, 0.2) is 30.3 Å². The molecule has 1 saturated heterocycles. The van der Waals surface area contributed by atoms with E-state index in [1.807, 2.05) is 30.3 Å². The Balaban J connectivity index is 2.40. The number of carboxylic acids is 1. The maximum atomic E-state index is 11.2. The van der Waals surface area contributed by atoms with Crippen LogP contribution in [0.25, 0.3) is 0 Å². The lowest BCUT2D eigenvalue weighted by Crippen LogP contribution is -2.30. The minimum absolute atomic E-state index is 0.299. The molecule has 1 aromatic rings. The summed E-state index contributed by atoms with van der Waals surface area (Å²) in [4.78, 5) is 11.2. The molecule has 0 amide bonds. The smallest absolute Gasteiger partial charge is 0.308 e. The fourth-order valence-corrected chi connectivity index (χ4v) is 5.34. The van der Waals surface area contributed by atoms with Gasteiger partial charge in [0.05, 0.1) is 10.00 Å². The first kappa shape index (κ1) is 11.9. The Morgan fingerprint density at radius 3 is 2.38 bits per heavy atom. The number of rotatable bonds is 3. The van der Waals surface area contributed by atoms with E-state index in [0.29, 0.717) is 0 Å². The van der Waals surface area contributed by atoms with E-state index < -0.39 is 5.97 Å². The Morgan fingerprint density at radius 2 is 1.88 bits per heavy atom. The number of hydrogen-bond donors (Lipinski definition) is 1. The maximum Gasteiger partial charge on any atom is 0.308 e. The molecule has 0 saturated carbocycles. The predicted octanol–water partition coefficient (Wildman–Crippen LogP) is 3.04. The third-order valence-corrected chi connectivity index (χ3v) is 6.65. The molecule has 1 aliphatic heterocycles. The van der Waals surface area contributed by atoms with Gasteiger partial charge < -0.3 is 5.11 Å². The Hall–Kier alpha value is -0.610. The highest BCUT2D eigenvalue weighted by Crippen LogP contribution is 2.56. The van der Waals surface area contributed by atoms with E-state index in [9.17, 15) is 9.90 Å². The summed E-state index contributed by atoms with van der Waals surface area (Å²) >= 11 is 3.52. The van der Waals surface area contributed by atoms with Gasteiger partial charge in [0, 0.05) is 11.5 Å². The number of aliphatic carboxylic acids is 1. The van der Waals surface area contributed by atoms with Gasteiger partial charge in [0.2, 0.25) is 0 Å². The molecule has 1 unspecified atom stereocenters. The Morgan fingerprint density at radius 1 is 1.31 bits per heavy atom. The summed E-state index contributed by atoms with van der Waals surface area (Å²) in [7, 11) is 0. The average Bonchev–Trinajstić information content (AvgIpc) is 2.79. The Bertz CT molecular complexity index is 372. The van der Waals surface area contributed by atoms with E-state index in [1.165, 1.54) is 0 Å². The van der Waals surface area contributed by atoms with Gasteiger partial charge in [0.25, 0.3) is 0 Å². The van der Waals surface area contributed by atoms with Crippen molar-refractivity contribution in [3.8, 4) is 0 Å². The molecule has 1 N–H and O–H groups in total. The van der Waals surface area contributed by atoms with E-state index in [-0.39, 0.29) is 10.00 Å². The highest BCUT2D eigenvalue weighted by Gasteiger charge is 2.45. The summed E-state index contributed by atoms with van der Waals surface area (Å²) in [6.07, 6.45) is 0. The second-order valence-electron chi connectivity index (χ2n) is 3.79. The molecule has 4 heteroatoms. The van der Waals surface area contributed by atoms with Crippen LogP contribution in [0.2, 0.25) is 0 Å². The standard InChI is InChI=1S/C12H14O2S2/c1-9(11(13)14)12(15-7-8-16-12)10-5-3-2-4-6-10/h2-6,9H,7-8H2,1H3,(H,13,14). The summed E-state index contributed by atoms with van der Waals surface area (Å²) in [5, 5.41) is 9.24. The second-order valence-corrected chi connectivity index (χ2v) is 6.73. The van der Waals surface area contributed by atoms with Crippen molar-refractivity contribution in [3.05, 3.63) is 35.9 Å². The summed E-state index contributed by atoms with van der Waals surface area (Å²) in [5.41, 5.74) is 1.12. The first-order chi connectivity index (χ1) is 7.67. The van der Waals surface area contributed by atoms with E-state index >= 15 is 0 Å². The topological polar surface area (TPSA) is 37.3 Å². The van der Waals surface area contributed by atoms with Crippen LogP contribution in [-0.4, -0.2) is 22.6 Å². The molecule has 0 aliphatic carbocycles. The van der Waals surface area contributed by atoms with Crippen molar-refractivity contribution in [1.29, 1.82) is 0 Å². The van der Waals surface area contributed by atoms with Crippen LogP contribution >= 0.6 is 23.5 Å². The molecular formula is C12H14O2S2. The molecule has 0 radical (unpaired) electrons. The van der Waals surface area contributed by atoms with Crippen molar-refractivity contribution >= 4 is 29.5 Å². The van der Waals surface area contributed by atoms with Crippen molar-refractivity contribution in [2.24, 2.45) is 5.92 Å². The van der Waals surface area contributed by atoms with Crippen molar-refractivity contribution in [3.63, 3.8) is 0 Å². The fraction of sp³-hybridized carbons (Fsp3) is 0.417. The molecule has 0 spiro atoms. The predicted molar refractivity (Wildman–Crippen MR) is 69.8 cm³/mol. The zero-order valence-corrected chi connectivity index (χ0v) is 10.7. The van der Waals surface area contributed by atoms with Crippen LogP contribution in [0.5, 0.6) is 0 Å². The lowest BCUT2D eigenvalue weighted by Gasteiger charge is -2.31. The van der Waals surface area contributed by atoms with Crippen molar-refractivity contribution < 1.29 is 9.90 Å². The highest BCUT2D eigenvalue weighted by atomic mass is 32.2. The van der Waals surface area contributed by atoms with Crippen LogP contribution in [0.1, 0.15) is 12.5 Å². The van der Waals surface area contributed by atoms with Gasteiger partial charge in [-0.25, -0.2) is 0 Å². The van der Waals surface area contributed by atoms with Crippen LogP contribution in [0, 0.1) is 5.92 Å². The molecule has 16 heavy (non-hydrogen) atoms. The molecule has 1 atom stereocenters. The number of benzene rings is 1. The normalized spacial score (nSPS) is 20.6. The minimum Gasteiger partial charge on any atom is -0.481 e. The zero-order valence-electron chi connectivity index (χ0n) is 9.05. The van der Waals surface area contributed by atoms with E-state index in [1.54, 1.807) is 30.4 Å². The van der Waals surface area contributed by atoms with Gasteiger partial charge in [-0.3, -0.25) is 4.79 Å². The van der Waals surface area contributed by atoms with Gasteiger partial charge in [-0.05, 0) is 12.5 Å². The number of hydrogen-bond acceptors (Lipinski definition) is 3.